The molecular formula is C17H13FN4O3S3. The van der Waals surface area contributed by atoms with Gasteiger partial charge in [-0.2, -0.15) is 0 Å². The summed E-state index contributed by atoms with van der Waals surface area (Å²) < 4.78 is 13.3. The highest BCUT2D eigenvalue weighted by Crippen LogP contribution is 2.43. The van der Waals surface area contributed by atoms with E-state index in [9.17, 15) is 18.8 Å². The molecule has 0 spiro atoms. The van der Waals surface area contributed by atoms with Crippen molar-refractivity contribution in [3.05, 3.63) is 51.9 Å². The van der Waals surface area contributed by atoms with Gasteiger partial charge in [-0.3, -0.25) is 19.3 Å². The van der Waals surface area contributed by atoms with Crippen LogP contribution in [0.15, 0.2) is 35.5 Å². The summed E-state index contributed by atoms with van der Waals surface area (Å²) in [6.45, 7) is 0. The maximum Gasteiger partial charge on any atom is 0.253 e. The first-order valence-corrected chi connectivity index (χ1v) is 10.5. The highest BCUT2D eigenvalue weighted by molar-refractivity contribution is 8.00. The Hall–Kier alpha value is -2.24. The van der Waals surface area contributed by atoms with Gasteiger partial charge in [0.2, 0.25) is 11.0 Å². The highest BCUT2D eigenvalue weighted by Gasteiger charge is 2.54. The predicted octanol–water partition coefficient (Wildman–Crippen LogP) is 1.49. The van der Waals surface area contributed by atoms with E-state index in [1.807, 2.05) is 0 Å². The van der Waals surface area contributed by atoms with Crippen molar-refractivity contribution in [1.29, 1.82) is 0 Å². The van der Waals surface area contributed by atoms with Gasteiger partial charge in [0, 0.05) is 11.3 Å². The van der Waals surface area contributed by atoms with Crippen LogP contribution in [0, 0.1) is 5.82 Å². The number of thioether (sulfide) groups is 1. The van der Waals surface area contributed by atoms with Gasteiger partial charge in [0.25, 0.3) is 5.91 Å². The molecule has 2 aliphatic rings. The second kappa shape index (κ2) is 7.64. The molecule has 28 heavy (non-hydrogen) atoms. The van der Waals surface area contributed by atoms with Crippen molar-refractivity contribution in [2.45, 2.75) is 17.8 Å². The van der Waals surface area contributed by atoms with Crippen molar-refractivity contribution < 1.29 is 18.8 Å². The summed E-state index contributed by atoms with van der Waals surface area (Å²) in [7, 11) is 0. The zero-order valence-electron chi connectivity index (χ0n) is 14.2. The maximum atomic E-state index is 13.3. The van der Waals surface area contributed by atoms with Crippen LogP contribution in [0.1, 0.15) is 10.6 Å². The number of hydrogen-bond acceptors (Lipinski definition) is 7. The molecule has 2 aliphatic heterocycles. The molecule has 4 rings (SSSR count). The Morgan fingerprint density at radius 2 is 2.21 bits per heavy atom. The first kappa shape index (κ1) is 19.1. The summed E-state index contributed by atoms with van der Waals surface area (Å²) in [5.41, 5.74) is 2.86. The maximum absolute atomic E-state index is 13.3. The monoisotopic (exact) mass is 436 g/mol. The molecule has 1 fully saturated rings. The Morgan fingerprint density at radius 3 is 2.89 bits per heavy atom. The van der Waals surface area contributed by atoms with Crippen LogP contribution in [0.2, 0.25) is 0 Å². The standard InChI is InChI=1S/C17H13FN4O3S3/c18-9-3-1-2-8(4-9)5-11(23)20-12-15(24)22-13(17(25)26)10(6-27-16(12)22)14-21-19-7-28-14/h1-4,7,12,16H,5-6H2,(H,20,23)(H,25,26)/t12-,16-/m1/s1. The molecule has 1 saturated heterocycles. The molecule has 0 bridgehead atoms. The van der Waals surface area contributed by atoms with Crippen molar-refractivity contribution in [1.82, 2.24) is 20.4 Å². The Balaban J connectivity index is 1.50. The molecule has 2 atom stereocenters. The number of β-lactam (4-membered cyclic amide) rings is 1. The minimum Gasteiger partial charge on any atom is -0.341 e. The highest BCUT2D eigenvalue weighted by atomic mass is 32.2. The van der Waals surface area contributed by atoms with E-state index < -0.39 is 22.3 Å². The number of nitrogens with one attached hydrogen (secondary N) is 1. The topological polar surface area (TPSA) is 92.3 Å². The Morgan fingerprint density at radius 1 is 1.39 bits per heavy atom. The van der Waals surface area contributed by atoms with Crippen molar-refractivity contribution in [2.24, 2.45) is 0 Å². The lowest BCUT2D eigenvalue weighted by atomic mass is 10.0. The van der Waals surface area contributed by atoms with E-state index >= 15 is 0 Å². The third-order valence-electron chi connectivity index (χ3n) is 4.36. The number of carbonyl (C=O) groups excluding carboxylic acids is 3. The molecule has 144 valence electrons. The van der Waals surface area contributed by atoms with Crippen LogP contribution < -0.4 is 5.32 Å². The fraction of sp³-hybridized carbons (Fsp3) is 0.235. The molecule has 11 heteroatoms. The number of fused-ring (bicyclic) bond motifs is 1. The molecule has 0 unspecified atom stereocenters. The molecule has 1 N–H and O–H groups in total. The minimum atomic E-state index is -0.746. The number of nitrogens with zero attached hydrogens (tertiary/aromatic N) is 3. The zero-order valence-corrected chi connectivity index (χ0v) is 16.7. The number of halogens is 1. The second-order valence-electron chi connectivity index (χ2n) is 6.14. The largest absolute Gasteiger partial charge is 0.341 e. The molecule has 0 saturated carbocycles. The van der Waals surface area contributed by atoms with Gasteiger partial charge < -0.3 is 5.32 Å². The predicted molar refractivity (Wildman–Crippen MR) is 106 cm³/mol. The van der Waals surface area contributed by atoms with Crippen molar-refractivity contribution in [3.63, 3.8) is 0 Å². The average Bonchev–Trinajstić information content (AvgIpc) is 3.19. The van der Waals surface area contributed by atoms with E-state index in [1.165, 1.54) is 46.2 Å². The summed E-state index contributed by atoms with van der Waals surface area (Å²) in [6, 6.07) is 4.99. The molecule has 1 aromatic heterocycles. The summed E-state index contributed by atoms with van der Waals surface area (Å²) in [5.74, 6) is -0.752. The zero-order chi connectivity index (χ0) is 19.8. The molecule has 2 aromatic rings. The third kappa shape index (κ3) is 3.45. The van der Waals surface area contributed by atoms with Crippen molar-refractivity contribution >= 4 is 58.2 Å². The van der Waals surface area contributed by atoms with Crippen molar-refractivity contribution in [2.75, 3.05) is 5.75 Å². The first-order chi connectivity index (χ1) is 13.5. The fourth-order valence-corrected chi connectivity index (χ4v) is 5.42. The van der Waals surface area contributed by atoms with Gasteiger partial charge in [-0.15, -0.1) is 33.3 Å². The second-order valence-corrected chi connectivity index (χ2v) is 8.48. The van der Waals surface area contributed by atoms with Crippen LogP contribution in [-0.2, 0) is 20.8 Å². The van der Waals surface area contributed by atoms with Gasteiger partial charge in [0.15, 0.2) is 0 Å². The normalized spacial score (nSPS) is 21.2. The summed E-state index contributed by atoms with van der Waals surface area (Å²) in [6.07, 6.45) is -0.0385. The third-order valence-corrected chi connectivity index (χ3v) is 6.60. The molecule has 0 aliphatic carbocycles. The molecule has 3 heterocycles. The molecular weight excluding hydrogens is 423 g/mol. The Labute approximate surface area is 172 Å². The van der Waals surface area contributed by atoms with Gasteiger partial charge in [-0.05, 0) is 17.7 Å². The van der Waals surface area contributed by atoms with Gasteiger partial charge in [0.05, 0.1) is 6.42 Å². The Bertz CT molecular complexity index is 995. The lowest BCUT2D eigenvalue weighted by Gasteiger charge is -2.49. The number of rotatable bonds is 5. The molecule has 2 amide bonds. The lowest BCUT2D eigenvalue weighted by molar-refractivity contribution is -0.146. The number of aromatic nitrogens is 2. The smallest absolute Gasteiger partial charge is 0.253 e. The molecule has 1 aromatic carbocycles. The molecule has 0 radical (unpaired) electrons. The number of hydrogen-bond donors (Lipinski definition) is 2. The quantitative estimate of drug-likeness (QED) is 0.545. The SMILES string of the molecule is O=C(Cc1cccc(F)c1)N[C@@H]1C(=O)N2C(C(=O)S)=C(c3nncs3)CS[C@H]12. The van der Waals surface area contributed by atoms with Crippen LogP contribution in [-0.4, -0.2) is 49.2 Å². The van der Waals surface area contributed by atoms with Crippen molar-refractivity contribution in [3.8, 4) is 0 Å². The first-order valence-electron chi connectivity index (χ1n) is 8.17. The van der Waals surface area contributed by atoms with E-state index in [0.717, 1.165) is 0 Å². The van der Waals surface area contributed by atoms with Crippen LogP contribution in [0.25, 0.3) is 5.57 Å². The van der Waals surface area contributed by atoms with E-state index in [2.05, 4.69) is 28.1 Å². The lowest BCUT2D eigenvalue weighted by Crippen LogP contribution is -2.70. The molecule has 7 nitrogen and oxygen atoms in total. The van der Waals surface area contributed by atoms with E-state index in [0.29, 0.717) is 21.9 Å². The summed E-state index contributed by atoms with van der Waals surface area (Å²) in [4.78, 5) is 38.4. The summed E-state index contributed by atoms with van der Waals surface area (Å²) in [5, 5.41) is 10.1. The fourth-order valence-electron chi connectivity index (χ4n) is 3.14. The number of thiol groups is 1. The number of carbonyl (C=O) groups is 3. The van der Waals surface area contributed by atoms with E-state index in [1.54, 1.807) is 11.6 Å². The van der Waals surface area contributed by atoms with Gasteiger partial charge >= 0.3 is 0 Å². The van der Waals surface area contributed by atoms with Gasteiger partial charge in [-0.25, -0.2) is 4.39 Å². The number of benzene rings is 1. The van der Waals surface area contributed by atoms with E-state index in [-0.39, 0.29) is 23.9 Å². The van der Waals surface area contributed by atoms with Crippen LogP contribution in [0.3, 0.4) is 0 Å². The average molecular weight is 437 g/mol. The number of amides is 2. The van der Waals surface area contributed by atoms with Crippen LogP contribution in [0.5, 0.6) is 0 Å². The van der Waals surface area contributed by atoms with Gasteiger partial charge in [-0.1, -0.05) is 24.8 Å². The Kier molecular flexibility index (Phi) is 5.21. The van der Waals surface area contributed by atoms with Gasteiger partial charge in [0.1, 0.15) is 33.4 Å². The summed E-state index contributed by atoms with van der Waals surface area (Å²) >= 11 is 6.62. The van der Waals surface area contributed by atoms with Crippen LogP contribution >= 0.6 is 35.7 Å². The minimum absolute atomic E-state index is 0.0385. The van der Waals surface area contributed by atoms with E-state index in [4.69, 9.17) is 0 Å². The van der Waals surface area contributed by atoms with Crippen LogP contribution in [0.4, 0.5) is 4.39 Å².